The number of benzene rings is 1. The normalized spacial score (nSPS) is 17.9. The molecule has 7 nitrogen and oxygen atoms in total. The van der Waals surface area contributed by atoms with Gasteiger partial charge in [-0.3, -0.25) is 19.5 Å². The van der Waals surface area contributed by atoms with Crippen molar-refractivity contribution in [2.24, 2.45) is 0 Å². The first-order valence-corrected chi connectivity index (χ1v) is 10.1. The highest BCUT2D eigenvalue weighted by Crippen LogP contribution is 2.14. The molecule has 2 amide bonds. The molecular formula is C22H26N4O3. The van der Waals surface area contributed by atoms with Gasteiger partial charge in [0.2, 0.25) is 0 Å². The number of aromatic nitrogens is 1. The molecule has 0 N–H and O–H groups in total. The first-order valence-electron chi connectivity index (χ1n) is 10.1. The molecule has 0 bridgehead atoms. The van der Waals surface area contributed by atoms with Crippen LogP contribution >= 0.6 is 0 Å². The van der Waals surface area contributed by atoms with Crippen LogP contribution < -0.4 is 0 Å². The number of ether oxygens (including phenoxy) is 1. The molecule has 0 saturated carbocycles. The van der Waals surface area contributed by atoms with Gasteiger partial charge < -0.3 is 14.5 Å². The summed E-state index contributed by atoms with van der Waals surface area (Å²) in [7, 11) is 0. The predicted octanol–water partition coefficient (Wildman–Crippen LogP) is 1.51. The van der Waals surface area contributed by atoms with Crippen molar-refractivity contribution in [2.75, 3.05) is 52.5 Å². The first-order chi connectivity index (χ1) is 14.2. The van der Waals surface area contributed by atoms with E-state index in [1.54, 1.807) is 29.4 Å². The van der Waals surface area contributed by atoms with Crippen molar-refractivity contribution in [1.82, 2.24) is 19.7 Å². The van der Waals surface area contributed by atoms with Gasteiger partial charge >= 0.3 is 0 Å². The Kier molecular flexibility index (Phi) is 6.17. The summed E-state index contributed by atoms with van der Waals surface area (Å²) >= 11 is 0. The van der Waals surface area contributed by atoms with Crippen LogP contribution in [-0.2, 0) is 11.3 Å². The van der Waals surface area contributed by atoms with Gasteiger partial charge in [-0.1, -0.05) is 12.1 Å². The minimum Gasteiger partial charge on any atom is -0.379 e. The molecular weight excluding hydrogens is 368 g/mol. The van der Waals surface area contributed by atoms with Crippen LogP contribution in [0, 0.1) is 0 Å². The lowest BCUT2D eigenvalue weighted by atomic mass is 10.1. The van der Waals surface area contributed by atoms with Gasteiger partial charge in [0, 0.05) is 63.8 Å². The fraction of sp³-hybridized carbons (Fsp3) is 0.409. The lowest BCUT2D eigenvalue weighted by Gasteiger charge is -2.35. The van der Waals surface area contributed by atoms with E-state index in [0.717, 1.165) is 38.4 Å². The van der Waals surface area contributed by atoms with E-state index in [2.05, 4.69) is 16.0 Å². The average molecular weight is 394 g/mol. The quantitative estimate of drug-likeness (QED) is 0.787. The van der Waals surface area contributed by atoms with Crippen LogP contribution in [0.15, 0.2) is 48.8 Å². The topological polar surface area (TPSA) is 66.0 Å². The third-order valence-corrected chi connectivity index (χ3v) is 5.45. The van der Waals surface area contributed by atoms with Gasteiger partial charge in [0.25, 0.3) is 11.8 Å². The van der Waals surface area contributed by atoms with E-state index in [4.69, 9.17) is 4.74 Å². The number of pyridine rings is 1. The van der Waals surface area contributed by atoms with Crippen molar-refractivity contribution in [3.8, 4) is 0 Å². The van der Waals surface area contributed by atoms with Crippen molar-refractivity contribution in [2.45, 2.75) is 6.54 Å². The fourth-order valence-corrected chi connectivity index (χ4v) is 3.79. The van der Waals surface area contributed by atoms with E-state index in [1.807, 2.05) is 23.1 Å². The fourth-order valence-electron chi connectivity index (χ4n) is 3.79. The zero-order valence-electron chi connectivity index (χ0n) is 16.5. The third-order valence-electron chi connectivity index (χ3n) is 5.45. The average Bonchev–Trinajstić information content (AvgIpc) is 2.80. The highest BCUT2D eigenvalue weighted by Gasteiger charge is 2.25. The number of rotatable bonds is 4. The van der Waals surface area contributed by atoms with Crippen LogP contribution in [-0.4, -0.2) is 84.0 Å². The van der Waals surface area contributed by atoms with Crippen molar-refractivity contribution >= 4 is 11.8 Å². The molecule has 0 aliphatic carbocycles. The number of carbonyl (C=O) groups excluding carboxylic acids is 2. The standard InChI is InChI=1S/C22H26N4O3/c27-21(19-4-1-3-18(15-19)17-24-11-13-29-14-12-24)25-7-9-26(10-8-25)22(28)20-5-2-6-23-16-20/h1-6,15-16H,7-14,17H2. The van der Waals surface area contributed by atoms with Gasteiger partial charge in [-0.25, -0.2) is 0 Å². The first kappa shape index (κ1) is 19.5. The van der Waals surface area contributed by atoms with E-state index in [-0.39, 0.29) is 11.8 Å². The van der Waals surface area contributed by atoms with E-state index in [1.165, 1.54) is 0 Å². The van der Waals surface area contributed by atoms with Gasteiger partial charge in [-0.15, -0.1) is 0 Å². The van der Waals surface area contributed by atoms with Crippen LogP contribution in [0.4, 0.5) is 0 Å². The van der Waals surface area contributed by atoms with Crippen molar-refractivity contribution in [1.29, 1.82) is 0 Å². The zero-order chi connectivity index (χ0) is 20.1. The maximum atomic E-state index is 13.0. The zero-order valence-corrected chi connectivity index (χ0v) is 16.5. The predicted molar refractivity (Wildman–Crippen MR) is 109 cm³/mol. The van der Waals surface area contributed by atoms with Crippen LogP contribution in [0.2, 0.25) is 0 Å². The Morgan fingerprint density at radius 1 is 0.862 bits per heavy atom. The molecule has 0 spiro atoms. The number of piperazine rings is 1. The summed E-state index contributed by atoms with van der Waals surface area (Å²) in [5.41, 5.74) is 2.44. The Morgan fingerprint density at radius 3 is 2.17 bits per heavy atom. The van der Waals surface area contributed by atoms with Crippen molar-refractivity contribution < 1.29 is 14.3 Å². The Hall–Kier alpha value is -2.77. The van der Waals surface area contributed by atoms with Gasteiger partial charge in [-0.05, 0) is 29.8 Å². The monoisotopic (exact) mass is 394 g/mol. The SMILES string of the molecule is O=C(c1cccnc1)N1CCN(C(=O)c2cccc(CN3CCOCC3)c2)CC1. The smallest absolute Gasteiger partial charge is 0.255 e. The lowest BCUT2D eigenvalue weighted by Crippen LogP contribution is -2.50. The number of carbonyl (C=O) groups is 2. The second-order valence-electron chi connectivity index (χ2n) is 7.41. The third kappa shape index (κ3) is 4.81. The van der Waals surface area contributed by atoms with Gasteiger partial charge in [-0.2, -0.15) is 0 Å². The number of hydrogen-bond acceptors (Lipinski definition) is 5. The highest BCUT2D eigenvalue weighted by atomic mass is 16.5. The summed E-state index contributed by atoms with van der Waals surface area (Å²) in [6.45, 7) is 6.35. The maximum Gasteiger partial charge on any atom is 0.255 e. The molecule has 7 heteroatoms. The minimum atomic E-state index is -0.0299. The number of morpholine rings is 1. The summed E-state index contributed by atoms with van der Waals surface area (Å²) in [6.07, 6.45) is 3.24. The summed E-state index contributed by atoms with van der Waals surface area (Å²) in [5.74, 6) is 0.0000108. The van der Waals surface area contributed by atoms with Crippen molar-refractivity contribution in [3.05, 3.63) is 65.5 Å². The van der Waals surface area contributed by atoms with E-state index in [0.29, 0.717) is 37.3 Å². The summed E-state index contributed by atoms with van der Waals surface area (Å²) in [5, 5.41) is 0. The number of amides is 2. The number of nitrogens with zero attached hydrogens (tertiary/aromatic N) is 4. The van der Waals surface area contributed by atoms with Gasteiger partial charge in [0.15, 0.2) is 0 Å². The molecule has 3 heterocycles. The maximum absolute atomic E-state index is 13.0. The molecule has 29 heavy (non-hydrogen) atoms. The summed E-state index contributed by atoms with van der Waals surface area (Å²) in [6, 6.07) is 11.4. The number of hydrogen-bond donors (Lipinski definition) is 0. The molecule has 1 aromatic carbocycles. The molecule has 0 unspecified atom stereocenters. The molecule has 2 saturated heterocycles. The Balaban J connectivity index is 1.34. The summed E-state index contributed by atoms with van der Waals surface area (Å²) in [4.78, 5) is 35.5. The van der Waals surface area contributed by atoms with E-state index in [9.17, 15) is 9.59 Å². The molecule has 2 aliphatic rings. The lowest BCUT2D eigenvalue weighted by molar-refractivity contribution is 0.0341. The molecule has 1 aromatic heterocycles. The summed E-state index contributed by atoms with van der Waals surface area (Å²) < 4.78 is 5.40. The molecule has 2 fully saturated rings. The Bertz CT molecular complexity index is 844. The van der Waals surface area contributed by atoms with Crippen LogP contribution in [0.1, 0.15) is 26.3 Å². The molecule has 2 aliphatic heterocycles. The largest absolute Gasteiger partial charge is 0.379 e. The van der Waals surface area contributed by atoms with Crippen LogP contribution in [0.25, 0.3) is 0 Å². The molecule has 4 rings (SSSR count). The Labute approximate surface area is 170 Å². The van der Waals surface area contributed by atoms with Crippen LogP contribution in [0.3, 0.4) is 0 Å². The van der Waals surface area contributed by atoms with Gasteiger partial charge in [0.05, 0.1) is 18.8 Å². The van der Waals surface area contributed by atoms with E-state index >= 15 is 0 Å². The highest BCUT2D eigenvalue weighted by molar-refractivity contribution is 5.96. The second-order valence-corrected chi connectivity index (χ2v) is 7.41. The molecule has 0 radical (unpaired) electrons. The van der Waals surface area contributed by atoms with Crippen LogP contribution in [0.5, 0.6) is 0 Å². The van der Waals surface area contributed by atoms with Crippen molar-refractivity contribution in [3.63, 3.8) is 0 Å². The molecule has 0 atom stereocenters. The molecule has 2 aromatic rings. The van der Waals surface area contributed by atoms with Gasteiger partial charge in [0.1, 0.15) is 0 Å². The molecule has 152 valence electrons. The van der Waals surface area contributed by atoms with E-state index < -0.39 is 0 Å². The Morgan fingerprint density at radius 2 is 1.52 bits per heavy atom. The minimum absolute atomic E-state index is 0.0299. The second kappa shape index (κ2) is 9.15.